The smallest absolute Gasteiger partial charge is 0.289 e. The van der Waals surface area contributed by atoms with Crippen LogP contribution in [0.15, 0.2) is 53.3 Å². The number of aromatic nitrogens is 1. The van der Waals surface area contributed by atoms with Crippen LogP contribution in [0.4, 0.5) is 0 Å². The third-order valence-electron chi connectivity index (χ3n) is 5.29. The molecule has 3 heterocycles. The van der Waals surface area contributed by atoms with Crippen molar-refractivity contribution in [2.45, 2.75) is 6.42 Å². The Kier molecular flexibility index (Phi) is 5.43. The first-order valence-electron chi connectivity index (χ1n) is 9.69. The van der Waals surface area contributed by atoms with Crippen LogP contribution in [0.3, 0.4) is 0 Å². The zero-order chi connectivity index (χ0) is 19.3. The van der Waals surface area contributed by atoms with Crippen LogP contribution >= 0.6 is 0 Å². The van der Waals surface area contributed by atoms with Gasteiger partial charge in [-0.3, -0.25) is 9.59 Å². The van der Waals surface area contributed by atoms with Crippen molar-refractivity contribution in [3.63, 3.8) is 0 Å². The number of fused-ring (bicyclic) bond motifs is 1. The Hall–Kier alpha value is -3.06. The summed E-state index contributed by atoms with van der Waals surface area (Å²) in [5.74, 6) is 0.353. The number of amides is 2. The lowest BCUT2D eigenvalue weighted by Crippen LogP contribution is -3.15. The Labute approximate surface area is 163 Å². The summed E-state index contributed by atoms with van der Waals surface area (Å²) in [5, 5.41) is 4.23. The number of piperazine rings is 1. The van der Waals surface area contributed by atoms with Crippen LogP contribution in [0, 0.1) is 0 Å². The molecular weight excluding hydrogens is 356 g/mol. The quantitative estimate of drug-likeness (QED) is 0.580. The Morgan fingerprint density at radius 3 is 2.75 bits per heavy atom. The van der Waals surface area contributed by atoms with Gasteiger partial charge in [0.2, 0.25) is 0 Å². The average molecular weight is 381 g/mol. The first-order valence-corrected chi connectivity index (χ1v) is 9.69. The molecule has 146 valence electrons. The van der Waals surface area contributed by atoms with E-state index in [0.29, 0.717) is 31.9 Å². The van der Waals surface area contributed by atoms with Crippen molar-refractivity contribution in [2.24, 2.45) is 0 Å². The molecule has 3 aromatic rings. The molecule has 0 atom stereocenters. The lowest BCUT2D eigenvalue weighted by molar-refractivity contribution is -0.896. The highest BCUT2D eigenvalue weighted by atomic mass is 16.3. The third kappa shape index (κ3) is 4.09. The molecule has 7 heteroatoms. The van der Waals surface area contributed by atoms with Gasteiger partial charge in [-0.1, -0.05) is 18.2 Å². The van der Waals surface area contributed by atoms with E-state index in [9.17, 15) is 9.59 Å². The zero-order valence-corrected chi connectivity index (χ0v) is 15.7. The molecule has 0 unspecified atom stereocenters. The predicted octanol–water partition coefficient (Wildman–Crippen LogP) is 0.461. The number of H-pyrrole nitrogens is 1. The second kappa shape index (κ2) is 8.31. The molecule has 1 saturated heterocycles. The average Bonchev–Trinajstić information content (AvgIpc) is 3.39. The monoisotopic (exact) mass is 381 g/mol. The standard InChI is InChI=1S/C21H24N4O3/c26-20(22-8-7-16-14-23-18-5-2-1-4-17(16)18)15-24-9-11-25(12-10-24)21(27)19-6-3-13-28-19/h1-6,13-14,23H,7-12,15H2,(H,22,26)/p+1. The minimum atomic E-state index is -0.0766. The highest BCUT2D eigenvalue weighted by Crippen LogP contribution is 2.17. The second-order valence-electron chi connectivity index (χ2n) is 7.16. The van der Waals surface area contributed by atoms with E-state index in [1.165, 1.54) is 22.1 Å². The fourth-order valence-electron chi connectivity index (χ4n) is 3.72. The summed E-state index contributed by atoms with van der Waals surface area (Å²) >= 11 is 0. The molecule has 1 aliphatic heterocycles. The zero-order valence-electron chi connectivity index (χ0n) is 15.7. The van der Waals surface area contributed by atoms with E-state index in [1.54, 1.807) is 17.0 Å². The van der Waals surface area contributed by atoms with Gasteiger partial charge in [-0.25, -0.2) is 0 Å². The van der Waals surface area contributed by atoms with E-state index in [-0.39, 0.29) is 11.8 Å². The molecule has 0 radical (unpaired) electrons. The maximum absolute atomic E-state index is 12.3. The van der Waals surface area contributed by atoms with Crippen molar-refractivity contribution in [2.75, 3.05) is 39.3 Å². The van der Waals surface area contributed by atoms with E-state index in [1.807, 2.05) is 18.3 Å². The summed E-state index contributed by atoms with van der Waals surface area (Å²) < 4.78 is 5.18. The van der Waals surface area contributed by atoms with E-state index in [2.05, 4.69) is 22.4 Å². The summed E-state index contributed by atoms with van der Waals surface area (Å²) in [4.78, 5) is 30.8. The number of carbonyl (C=O) groups excluding carboxylic acids is 2. The molecule has 1 aliphatic rings. The lowest BCUT2D eigenvalue weighted by atomic mass is 10.1. The van der Waals surface area contributed by atoms with Gasteiger partial charge in [0.15, 0.2) is 12.3 Å². The van der Waals surface area contributed by atoms with Crippen LogP contribution in [0.2, 0.25) is 0 Å². The number of para-hydroxylation sites is 1. The van der Waals surface area contributed by atoms with Crippen LogP contribution in [-0.2, 0) is 11.2 Å². The van der Waals surface area contributed by atoms with Crippen LogP contribution in [0.5, 0.6) is 0 Å². The van der Waals surface area contributed by atoms with Gasteiger partial charge in [0, 0.05) is 23.6 Å². The fourth-order valence-corrected chi connectivity index (χ4v) is 3.72. The second-order valence-corrected chi connectivity index (χ2v) is 7.16. The molecule has 7 nitrogen and oxygen atoms in total. The van der Waals surface area contributed by atoms with Crippen LogP contribution < -0.4 is 10.2 Å². The number of hydrogen-bond donors (Lipinski definition) is 3. The molecule has 4 rings (SSSR count). The topological polar surface area (TPSA) is 82.8 Å². The first kappa shape index (κ1) is 18.3. The molecule has 1 aromatic carbocycles. The predicted molar refractivity (Wildman–Crippen MR) is 105 cm³/mol. The van der Waals surface area contributed by atoms with E-state index < -0.39 is 0 Å². The number of benzene rings is 1. The number of nitrogens with zero attached hydrogens (tertiary/aromatic N) is 1. The number of rotatable bonds is 6. The highest BCUT2D eigenvalue weighted by molar-refractivity contribution is 5.91. The number of aromatic amines is 1. The molecule has 0 spiro atoms. The van der Waals surface area contributed by atoms with Gasteiger partial charge >= 0.3 is 0 Å². The van der Waals surface area contributed by atoms with E-state index in [0.717, 1.165) is 25.0 Å². The Morgan fingerprint density at radius 1 is 1.14 bits per heavy atom. The summed E-state index contributed by atoms with van der Waals surface area (Å²) in [6, 6.07) is 11.6. The molecule has 28 heavy (non-hydrogen) atoms. The molecule has 2 amide bonds. The molecule has 0 aliphatic carbocycles. The molecular formula is C21H25N4O3+. The number of nitrogens with one attached hydrogen (secondary N) is 3. The number of furan rings is 1. The Morgan fingerprint density at radius 2 is 1.96 bits per heavy atom. The molecule has 0 bridgehead atoms. The van der Waals surface area contributed by atoms with Crippen molar-refractivity contribution in [1.82, 2.24) is 15.2 Å². The lowest BCUT2D eigenvalue weighted by Gasteiger charge is -2.31. The van der Waals surface area contributed by atoms with Crippen molar-refractivity contribution >= 4 is 22.7 Å². The summed E-state index contributed by atoms with van der Waals surface area (Å²) in [6.45, 7) is 3.87. The molecule has 0 saturated carbocycles. The largest absolute Gasteiger partial charge is 0.459 e. The molecule has 1 fully saturated rings. The molecule has 2 aromatic heterocycles. The van der Waals surface area contributed by atoms with Gasteiger partial charge in [0.25, 0.3) is 11.8 Å². The maximum atomic E-state index is 12.3. The highest BCUT2D eigenvalue weighted by Gasteiger charge is 2.26. The van der Waals surface area contributed by atoms with Crippen LogP contribution in [0.25, 0.3) is 10.9 Å². The van der Waals surface area contributed by atoms with Crippen LogP contribution in [-0.4, -0.2) is 61.0 Å². The van der Waals surface area contributed by atoms with Gasteiger partial charge in [0.05, 0.1) is 32.4 Å². The minimum Gasteiger partial charge on any atom is -0.459 e. The van der Waals surface area contributed by atoms with Crippen molar-refractivity contribution in [3.05, 3.63) is 60.2 Å². The number of carbonyl (C=O) groups is 2. The molecule has 3 N–H and O–H groups in total. The van der Waals surface area contributed by atoms with Gasteiger partial charge in [-0.05, 0) is 30.2 Å². The normalized spacial score (nSPS) is 15.1. The minimum absolute atomic E-state index is 0.0562. The maximum Gasteiger partial charge on any atom is 0.289 e. The van der Waals surface area contributed by atoms with Gasteiger partial charge in [-0.15, -0.1) is 0 Å². The summed E-state index contributed by atoms with van der Waals surface area (Å²) in [6.07, 6.45) is 4.32. The van der Waals surface area contributed by atoms with Crippen molar-refractivity contribution in [1.29, 1.82) is 0 Å². The first-order chi connectivity index (χ1) is 13.7. The number of hydrogen-bond acceptors (Lipinski definition) is 3. The van der Waals surface area contributed by atoms with Crippen molar-refractivity contribution < 1.29 is 18.9 Å². The summed E-state index contributed by atoms with van der Waals surface area (Å²) in [7, 11) is 0. The Bertz CT molecular complexity index is 940. The van der Waals surface area contributed by atoms with Gasteiger partial charge < -0.3 is 24.5 Å². The fraction of sp³-hybridized carbons (Fsp3) is 0.333. The van der Waals surface area contributed by atoms with E-state index >= 15 is 0 Å². The van der Waals surface area contributed by atoms with Crippen molar-refractivity contribution in [3.8, 4) is 0 Å². The SMILES string of the molecule is O=C(C[NH+]1CCN(C(=O)c2ccco2)CC1)NCCc1c[nH]c2ccccc12. The third-order valence-corrected chi connectivity index (χ3v) is 5.29. The van der Waals surface area contributed by atoms with Gasteiger partial charge in [0.1, 0.15) is 0 Å². The van der Waals surface area contributed by atoms with Crippen LogP contribution in [0.1, 0.15) is 16.1 Å². The van der Waals surface area contributed by atoms with Gasteiger partial charge in [-0.2, -0.15) is 0 Å². The number of quaternary nitrogens is 1. The van der Waals surface area contributed by atoms with E-state index in [4.69, 9.17) is 4.42 Å². The Balaban J connectivity index is 1.19. The summed E-state index contributed by atoms with van der Waals surface area (Å²) in [5.41, 5.74) is 2.34.